The van der Waals surface area contributed by atoms with E-state index < -0.39 is 5.54 Å². The van der Waals surface area contributed by atoms with E-state index in [0.717, 1.165) is 17.7 Å². The number of amides is 1. The van der Waals surface area contributed by atoms with E-state index in [1.54, 1.807) is 0 Å². The summed E-state index contributed by atoms with van der Waals surface area (Å²) in [5.74, 6) is 1.42. The minimum atomic E-state index is -0.390. The van der Waals surface area contributed by atoms with Crippen LogP contribution in [0.3, 0.4) is 0 Å². The van der Waals surface area contributed by atoms with Crippen LogP contribution in [0, 0.1) is 19.8 Å². The molecular formula is C14H25ClN2O2. The molecule has 0 radical (unpaired) electrons. The van der Waals surface area contributed by atoms with Crippen LogP contribution < -0.4 is 11.1 Å². The molecule has 3 N–H and O–H groups in total. The number of nitrogens with one attached hydrogen (secondary N) is 1. The highest BCUT2D eigenvalue weighted by Crippen LogP contribution is 2.18. The second-order valence-electron chi connectivity index (χ2n) is 5.69. The van der Waals surface area contributed by atoms with Gasteiger partial charge in [-0.1, -0.05) is 13.8 Å². The number of halogens is 1. The zero-order chi connectivity index (χ0) is 13.9. The Kier molecular flexibility index (Phi) is 6.60. The van der Waals surface area contributed by atoms with Crippen molar-refractivity contribution in [1.82, 2.24) is 5.32 Å². The molecule has 0 spiro atoms. The Labute approximate surface area is 121 Å². The Morgan fingerprint density at radius 2 is 2.05 bits per heavy atom. The zero-order valence-electron chi connectivity index (χ0n) is 12.4. The molecule has 1 unspecified atom stereocenters. The molecule has 1 amide bonds. The summed E-state index contributed by atoms with van der Waals surface area (Å²) in [5.41, 5.74) is 6.24. The lowest BCUT2D eigenvalue weighted by Gasteiger charge is -2.30. The molecule has 0 aliphatic rings. The van der Waals surface area contributed by atoms with Gasteiger partial charge in [-0.3, -0.25) is 4.79 Å². The van der Waals surface area contributed by atoms with Crippen molar-refractivity contribution < 1.29 is 9.21 Å². The van der Waals surface area contributed by atoms with Gasteiger partial charge < -0.3 is 15.5 Å². The molecule has 110 valence electrons. The van der Waals surface area contributed by atoms with Gasteiger partial charge in [-0.05, 0) is 39.2 Å². The van der Waals surface area contributed by atoms with Crippen molar-refractivity contribution in [2.45, 2.75) is 46.6 Å². The Bertz CT molecular complexity index is 429. The topological polar surface area (TPSA) is 68.3 Å². The fourth-order valence-electron chi connectivity index (χ4n) is 2.28. The van der Waals surface area contributed by atoms with Gasteiger partial charge in [0.2, 0.25) is 0 Å². The number of aryl methyl sites for hydroxylation is 2. The summed E-state index contributed by atoms with van der Waals surface area (Å²) in [5, 5.41) is 2.99. The maximum Gasteiger partial charge on any atom is 0.287 e. The minimum Gasteiger partial charge on any atom is -0.456 e. The van der Waals surface area contributed by atoms with Crippen molar-refractivity contribution in [3.63, 3.8) is 0 Å². The number of hydrogen-bond donors (Lipinski definition) is 2. The van der Waals surface area contributed by atoms with E-state index in [-0.39, 0.29) is 18.3 Å². The molecule has 1 aromatic rings. The average molecular weight is 289 g/mol. The van der Waals surface area contributed by atoms with E-state index in [1.165, 1.54) is 0 Å². The molecule has 1 atom stereocenters. The Morgan fingerprint density at radius 3 is 2.42 bits per heavy atom. The van der Waals surface area contributed by atoms with Gasteiger partial charge in [0.1, 0.15) is 5.76 Å². The van der Waals surface area contributed by atoms with E-state index >= 15 is 0 Å². The third-order valence-corrected chi connectivity index (χ3v) is 2.97. The molecule has 0 aliphatic carbocycles. The Balaban J connectivity index is 0.00000324. The van der Waals surface area contributed by atoms with E-state index in [4.69, 9.17) is 10.2 Å². The van der Waals surface area contributed by atoms with Gasteiger partial charge in [-0.2, -0.15) is 0 Å². The predicted molar refractivity (Wildman–Crippen MR) is 79.8 cm³/mol. The second-order valence-corrected chi connectivity index (χ2v) is 5.69. The molecule has 0 saturated heterocycles. The molecule has 1 aromatic heterocycles. The number of nitrogens with two attached hydrogens (primary N) is 1. The van der Waals surface area contributed by atoms with Crippen LogP contribution in [0.25, 0.3) is 0 Å². The first-order valence-corrected chi connectivity index (χ1v) is 6.37. The van der Waals surface area contributed by atoms with Gasteiger partial charge >= 0.3 is 0 Å². The second kappa shape index (κ2) is 6.96. The summed E-state index contributed by atoms with van der Waals surface area (Å²) in [6.07, 6.45) is 0.841. The maximum absolute atomic E-state index is 12.2. The van der Waals surface area contributed by atoms with Crippen molar-refractivity contribution in [3.05, 3.63) is 23.2 Å². The minimum absolute atomic E-state index is 0. The highest BCUT2D eigenvalue weighted by atomic mass is 35.5. The van der Waals surface area contributed by atoms with Crippen molar-refractivity contribution >= 4 is 18.3 Å². The first kappa shape index (κ1) is 18.0. The highest BCUT2D eigenvalue weighted by molar-refractivity contribution is 5.93. The van der Waals surface area contributed by atoms with Gasteiger partial charge in [0.05, 0.1) is 5.54 Å². The lowest BCUT2D eigenvalue weighted by molar-refractivity contribution is 0.0867. The van der Waals surface area contributed by atoms with Crippen LogP contribution in [0.15, 0.2) is 10.5 Å². The van der Waals surface area contributed by atoms with E-state index in [1.807, 2.05) is 26.8 Å². The fourth-order valence-corrected chi connectivity index (χ4v) is 2.28. The fraction of sp³-hybridized carbons (Fsp3) is 0.643. The molecule has 5 heteroatoms. The Morgan fingerprint density at radius 1 is 1.47 bits per heavy atom. The molecule has 1 heterocycles. The quantitative estimate of drug-likeness (QED) is 0.875. The summed E-state index contributed by atoms with van der Waals surface area (Å²) in [6.45, 7) is 10.3. The molecule has 0 aliphatic heterocycles. The zero-order valence-corrected chi connectivity index (χ0v) is 13.2. The molecule has 0 bridgehead atoms. The van der Waals surface area contributed by atoms with Gasteiger partial charge in [0.25, 0.3) is 5.91 Å². The molecular weight excluding hydrogens is 264 g/mol. The van der Waals surface area contributed by atoms with Gasteiger partial charge in [-0.15, -0.1) is 12.4 Å². The molecule has 0 saturated carbocycles. The van der Waals surface area contributed by atoms with Crippen molar-refractivity contribution in [1.29, 1.82) is 0 Å². The van der Waals surface area contributed by atoms with Crippen LogP contribution in [0.4, 0.5) is 0 Å². The third-order valence-electron chi connectivity index (χ3n) is 2.97. The number of rotatable bonds is 5. The van der Waals surface area contributed by atoms with Crippen LogP contribution in [0.2, 0.25) is 0 Å². The molecule has 19 heavy (non-hydrogen) atoms. The van der Waals surface area contributed by atoms with Gasteiger partial charge in [0.15, 0.2) is 5.76 Å². The Hall–Kier alpha value is -1.00. The average Bonchev–Trinajstić information content (AvgIpc) is 2.56. The van der Waals surface area contributed by atoms with Gasteiger partial charge in [0, 0.05) is 12.1 Å². The van der Waals surface area contributed by atoms with E-state index in [9.17, 15) is 4.79 Å². The number of carbonyl (C=O) groups excluding carboxylic acids is 1. The van der Waals surface area contributed by atoms with Crippen LogP contribution >= 0.6 is 12.4 Å². The smallest absolute Gasteiger partial charge is 0.287 e. The lowest BCUT2D eigenvalue weighted by Crippen LogP contribution is -2.52. The van der Waals surface area contributed by atoms with Crippen LogP contribution in [0.5, 0.6) is 0 Å². The number of carbonyl (C=O) groups is 1. The standard InChI is InChI=1S/C14H24N2O2.ClH/c1-9(2)7-14(5,8-15)16-13(17)12-10(3)6-11(4)18-12;/h6,9H,7-8,15H2,1-5H3,(H,16,17);1H. The third kappa shape index (κ3) is 4.88. The van der Waals surface area contributed by atoms with E-state index in [0.29, 0.717) is 18.2 Å². The van der Waals surface area contributed by atoms with E-state index in [2.05, 4.69) is 19.2 Å². The van der Waals surface area contributed by atoms with Crippen LogP contribution in [-0.4, -0.2) is 18.0 Å². The summed E-state index contributed by atoms with van der Waals surface area (Å²) in [4.78, 5) is 12.2. The predicted octanol–water partition coefficient (Wildman–Crippen LogP) is 2.81. The highest BCUT2D eigenvalue weighted by Gasteiger charge is 2.28. The maximum atomic E-state index is 12.2. The largest absolute Gasteiger partial charge is 0.456 e. The molecule has 1 rings (SSSR count). The first-order valence-electron chi connectivity index (χ1n) is 6.37. The summed E-state index contributed by atoms with van der Waals surface area (Å²) in [7, 11) is 0. The SMILES string of the molecule is Cc1cc(C)c(C(=O)NC(C)(CN)CC(C)C)o1.Cl. The summed E-state index contributed by atoms with van der Waals surface area (Å²) < 4.78 is 5.42. The number of hydrogen-bond acceptors (Lipinski definition) is 3. The van der Waals surface area contributed by atoms with Gasteiger partial charge in [-0.25, -0.2) is 0 Å². The summed E-state index contributed by atoms with van der Waals surface area (Å²) in [6, 6.07) is 1.86. The molecule has 4 nitrogen and oxygen atoms in total. The molecule has 0 fully saturated rings. The monoisotopic (exact) mass is 288 g/mol. The van der Waals surface area contributed by atoms with Crippen molar-refractivity contribution in [3.8, 4) is 0 Å². The normalized spacial score (nSPS) is 13.8. The van der Waals surface area contributed by atoms with Crippen LogP contribution in [-0.2, 0) is 0 Å². The summed E-state index contributed by atoms with van der Waals surface area (Å²) >= 11 is 0. The first-order chi connectivity index (χ1) is 8.27. The number of furan rings is 1. The van der Waals surface area contributed by atoms with Crippen molar-refractivity contribution in [2.24, 2.45) is 11.7 Å². The lowest BCUT2D eigenvalue weighted by atomic mass is 9.90. The molecule has 0 aromatic carbocycles. The van der Waals surface area contributed by atoms with Crippen LogP contribution in [0.1, 0.15) is 49.1 Å². The van der Waals surface area contributed by atoms with Crippen molar-refractivity contribution in [2.75, 3.05) is 6.54 Å².